The molecule has 0 saturated carbocycles. The molecule has 0 aliphatic carbocycles. The molecule has 5 heteroatoms. The van der Waals surface area contributed by atoms with Gasteiger partial charge in [-0.1, -0.05) is 12.1 Å². The van der Waals surface area contributed by atoms with E-state index >= 15 is 0 Å². The molecule has 1 aromatic heterocycles. The first-order valence-corrected chi connectivity index (χ1v) is 7.25. The predicted octanol–water partition coefficient (Wildman–Crippen LogP) is 2.07. The maximum absolute atomic E-state index is 11.7. The molecule has 1 heterocycles. The van der Waals surface area contributed by atoms with E-state index in [9.17, 15) is 4.79 Å². The summed E-state index contributed by atoms with van der Waals surface area (Å²) in [6, 6.07) is 7.75. The molecule has 0 radical (unpaired) electrons. The number of fused-ring (bicyclic) bond motifs is 1. The van der Waals surface area contributed by atoms with Crippen LogP contribution in [0.3, 0.4) is 0 Å². The number of nitrogens with zero attached hydrogens (tertiary/aromatic N) is 1. The minimum Gasteiger partial charge on any atom is -0.408 e. The van der Waals surface area contributed by atoms with Crippen LogP contribution in [0.2, 0.25) is 0 Å². The lowest BCUT2D eigenvalue weighted by Crippen LogP contribution is -2.17. The summed E-state index contributed by atoms with van der Waals surface area (Å²) >= 11 is 1.82. The molecule has 0 aliphatic heterocycles. The van der Waals surface area contributed by atoms with Crippen LogP contribution in [0.4, 0.5) is 0 Å². The van der Waals surface area contributed by atoms with E-state index in [1.807, 2.05) is 43.0 Å². The van der Waals surface area contributed by atoms with Crippen LogP contribution >= 0.6 is 11.8 Å². The molecule has 2 rings (SSSR count). The van der Waals surface area contributed by atoms with Gasteiger partial charge in [-0.25, -0.2) is 4.79 Å². The van der Waals surface area contributed by atoms with E-state index in [2.05, 4.69) is 0 Å². The minimum absolute atomic E-state index is 0.245. The van der Waals surface area contributed by atoms with E-state index in [1.165, 1.54) is 0 Å². The molecule has 0 aliphatic rings. The Morgan fingerprint density at radius 2 is 2.17 bits per heavy atom. The van der Waals surface area contributed by atoms with Gasteiger partial charge in [0.2, 0.25) is 0 Å². The van der Waals surface area contributed by atoms with E-state index in [0.29, 0.717) is 12.1 Å². The monoisotopic (exact) mass is 266 g/mol. The van der Waals surface area contributed by atoms with Gasteiger partial charge in [0.25, 0.3) is 0 Å². The van der Waals surface area contributed by atoms with Gasteiger partial charge in [0.1, 0.15) is 0 Å². The molecular weight excluding hydrogens is 248 g/mol. The first-order valence-electron chi connectivity index (χ1n) is 6.10. The van der Waals surface area contributed by atoms with Gasteiger partial charge in [0.15, 0.2) is 5.58 Å². The van der Waals surface area contributed by atoms with Crippen LogP contribution in [-0.4, -0.2) is 22.1 Å². The summed E-state index contributed by atoms with van der Waals surface area (Å²) < 4.78 is 6.86. The Morgan fingerprint density at radius 1 is 1.39 bits per heavy atom. The Bertz CT molecular complexity index is 559. The Balaban J connectivity index is 1.95. The van der Waals surface area contributed by atoms with Crippen molar-refractivity contribution in [2.45, 2.75) is 25.9 Å². The fourth-order valence-electron chi connectivity index (χ4n) is 1.75. The SMILES string of the molecule is CC(N)CCSCCn1c(=O)oc2ccccc21. The zero-order valence-corrected chi connectivity index (χ0v) is 11.3. The number of hydrogen-bond donors (Lipinski definition) is 1. The molecule has 2 aromatic rings. The van der Waals surface area contributed by atoms with Gasteiger partial charge in [0.05, 0.1) is 5.52 Å². The summed E-state index contributed by atoms with van der Waals surface area (Å²) in [5, 5.41) is 0. The van der Waals surface area contributed by atoms with Crippen LogP contribution < -0.4 is 11.5 Å². The normalized spacial score (nSPS) is 13.0. The summed E-state index contributed by atoms with van der Waals surface area (Å²) in [5.74, 6) is 1.65. The number of para-hydroxylation sites is 2. The smallest absolute Gasteiger partial charge is 0.408 e. The second-order valence-electron chi connectivity index (χ2n) is 4.37. The largest absolute Gasteiger partial charge is 0.419 e. The highest BCUT2D eigenvalue weighted by molar-refractivity contribution is 7.99. The van der Waals surface area contributed by atoms with Crippen molar-refractivity contribution in [3.63, 3.8) is 0 Å². The van der Waals surface area contributed by atoms with Gasteiger partial charge in [-0.2, -0.15) is 11.8 Å². The van der Waals surface area contributed by atoms with Crippen molar-refractivity contribution in [2.24, 2.45) is 5.73 Å². The number of aryl methyl sites for hydroxylation is 1. The average molecular weight is 266 g/mol. The van der Waals surface area contributed by atoms with Gasteiger partial charge >= 0.3 is 5.76 Å². The minimum atomic E-state index is -0.274. The molecule has 0 fully saturated rings. The first-order chi connectivity index (χ1) is 8.68. The number of oxazole rings is 1. The van der Waals surface area contributed by atoms with Crippen molar-refractivity contribution in [3.05, 3.63) is 34.8 Å². The predicted molar refractivity (Wildman–Crippen MR) is 76.1 cm³/mol. The molecule has 1 unspecified atom stereocenters. The van der Waals surface area contributed by atoms with Crippen LogP contribution in [0.1, 0.15) is 13.3 Å². The molecule has 1 atom stereocenters. The lowest BCUT2D eigenvalue weighted by Gasteiger charge is -2.05. The quantitative estimate of drug-likeness (QED) is 0.813. The fourth-order valence-corrected chi connectivity index (χ4v) is 2.81. The van der Waals surface area contributed by atoms with Crippen LogP contribution in [0, 0.1) is 0 Å². The topological polar surface area (TPSA) is 61.2 Å². The lowest BCUT2D eigenvalue weighted by atomic mass is 10.3. The zero-order chi connectivity index (χ0) is 13.0. The Hall–Kier alpha value is -1.20. The van der Waals surface area contributed by atoms with Crippen LogP contribution in [0.15, 0.2) is 33.5 Å². The summed E-state index contributed by atoms with van der Waals surface area (Å²) in [4.78, 5) is 11.7. The number of hydrogen-bond acceptors (Lipinski definition) is 4. The Kier molecular flexibility index (Phi) is 4.49. The highest BCUT2D eigenvalue weighted by atomic mass is 32.2. The van der Waals surface area contributed by atoms with Crippen molar-refractivity contribution in [2.75, 3.05) is 11.5 Å². The van der Waals surface area contributed by atoms with E-state index in [0.717, 1.165) is 23.4 Å². The molecule has 0 saturated heterocycles. The third kappa shape index (κ3) is 3.17. The zero-order valence-electron chi connectivity index (χ0n) is 10.5. The third-order valence-electron chi connectivity index (χ3n) is 2.75. The number of nitrogens with two attached hydrogens (primary N) is 1. The van der Waals surface area contributed by atoms with E-state index < -0.39 is 0 Å². The van der Waals surface area contributed by atoms with E-state index in [1.54, 1.807) is 4.57 Å². The van der Waals surface area contributed by atoms with Crippen LogP contribution in [0.5, 0.6) is 0 Å². The second-order valence-corrected chi connectivity index (χ2v) is 5.59. The molecule has 0 amide bonds. The van der Waals surface area contributed by atoms with E-state index in [-0.39, 0.29) is 11.8 Å². The Morgan fingerprint density at radius 3 is 2.94 bits per heavy atom. The van der Waals surface area contributed by atoms with Crippen LogP contribution in [-0.2, 0) is 6.54 Å². The van der Waals surface area contributed by atoms with E-state index in [4.69, 9.17) is 10.2 Å². The number of rotatable bonds is 6. The van der Waals surface area contributed by atoms with Crippen molar-refractivity contribution in [1.82, 2.24) is 4.57 Å². The lowest BCUT2D eigenvalue weighted by molar-refractivity contribution is 0.514. The number of benzene rings is 1. The maximum atomic E-state index is 11.7. The van der Waals surface area contributed by atoms with Crippen molar-refractivity contribution < 1.29 is 4.42 Å². The first kappa shape index (κ1) is 13.2. The highest BCUT2D eigenvalue weighted by Crippen LogP contribution is 2.13. The molecule has 18 heavy (non-hydrogen) atoms. The fraction of sp³-hybridized carbons (Fsp3) is 0.462. The van der Waals surface area contributed by atoms with Crippen molar-refractivity contribution in [1.29, 1.82) is 0 Å². The Labute approximate surface area is 110 Å². The number of thioether (sulfide) groups is 1. The summed E-state index contributed by atoms with van der Waals surface area (Å²) in [6.07, 6.45) is 1.01. The molecule has 1 aromatic carbocycles. The van der Waals surface area contributed by atoms with Gasteiger partial charge in [-0.15, -0.1) is 0 Å². The highest BCUT2D eigenvalue weighted by Gasteiger charge is 2.07. The summed E-state index contributed by atoms with van der Waals surface area (Å²) in [7, 11) is 0. The number of aromatic nitrogens is 1. The average Bonchev–Trinajstić information content (AvgIpc) is 2.65. The molecular formula is C13H18N2O2S. The molecule has 0 bridgehead atoms. The molecule has 2 N–H and O–H groups in total. The van der Waals surface area contributed by atoms with Crippen molar-refractivity contribution in [3.8, 4) is 0 Å². The van der Waals surface area contributed by atoms with Gasteiger partial charge in [-0.3, -0.25) is 4.57 Å². The third-order valence-corrected chi connectivity index (χ3v) is 3.75. The maximum Gasteiger partial charge on any atom is 0.419 e. The van der Waals surface area contributed by atoms with Crippen molar-refractivity contribution >= 4 is 22.9 Å². The summed E-state index contributed by atoms with van der Waals surface area (Å²) in [5.41, 5.74) is 7.21. The summed E-state index contributed by atoms with van der Waals surface area (Å²) in [6.45, 7) is 2.69. The molecule has 4 nitrogen and oxygen atoms in total. The molecule has 98 valence electrons. The van der Waals surface area contributed by atoms with Crippen LogP contribution in [0.25, 0.3) is 11.1 Å². The van der Waals surface area contributed by atoms with Gasteiger partial charge in [-0.05, 0) is 31.2 Å². The standard InChI is InChI=1S/C13H18N2O2S/c1-10(14)6-8-18-9-7-15-11-4-2-3-5-12(11)17-13(15)16/h2-5,10H,6-9,14H2,1H3. The van der Waals surface area contributed by atoms with Gasteiger partial charge < -0.3 is 10.2 Å². The molecule has 0 spiro atoms. The van der Waals surface area contributed by atoms with Gasteiger partial charge in [0, 0.05) is 18.3 Å². The second kappa shape index (κ2) is 6.11.